The number of hydrogen-bond donors (Lipinski definition) is 1. The Morgan fingerprint density at radius 1 is 1.53 bits per heavy atom. The summed E-state index contributed by atoms with van der Waals surface area (Å²) in [5.74, 6) is 0.839. The number of carbonyl (C=O) groups is 1. The molecule has 0 saturated carbocycles. The van der Waals surface area contributed by atoms with Crippen molar-refractivity contribution in [3.8, 4) is 0 Å². The predicted molar refractivity (Wildman–Crippen MR) is 57.6 cm³/mol. The van der Waals surface area contributed by atoms with Crippen LogP contribution in [0.3, 0.4) is 0 Å². The van der Waals surface area contributed by atoms with Gasteiger partial charge in [-0.25, -0.2) is 0 Å². The van der Waals surface area contributed by atoms with E-state index < -0.39 is 0 Å². The topological polar surface area (TPSA) is 41.6 Å². The third kappa shape index (κ3) is 2.49. The van der Waals surface area contributed by atoms with Crippen LogP contribution in [0.4, 0.5) is 0 Å². The van der Waals surface area contributed by atoms with E-state index in [1.807, 2.05) is 4.90 Å². The maximum Gasteiger partial charge on any atom is 0.239 e. The Kier molecular flexibility index (Phi) is 3.59. The lowest BCUT2D eigenvalue weighted by atomic mass is 10.1. The maximum absolute atomic E-state index is 12.0. The fourth-order valence-electron chi connectivity index (χ4n) is 2.52. The molecule has 86 valence electrons. The molecule has 0 aliphatic carbocycles. The Morgan fingerprint density at radius 2 is 2.40 bits per heavy atom. The van der Waals surface area contributed by atoms with Crippen molar-refractivity contribution in [3.63, 3.8) is 0 Å². The highest BCUT2D eigenvalue weighted by atomic mass is 16.5. The Hall–Kier alpha value is -0.610. The molecule has 0 aromatic carbocycles. The molecule has 15 heavy (non-hydrogen) atoms. The normalized spacial score (nSPS) is 31.1. The number of nitrogens with one attached hydrogen (secondary N) is 1. The first-order chi connectivity index (χ1) is 7.31. The quantitative estimate of drug-likeness (QED) is 0.728. The van der Waals surface area contributed by atoms with E-state index in [0.29, 0.717) is 11.8 Å². The van der Waals surface area contributed by atoms with Gasteiger partial charge in [-0.05, 0) is 25.8 Å². The summed E-state index contributed by atoms with van der Waals surface area (Å²) >= 11 is 0. The lowest BCUT2D eigenvalue weighted by Crippen LogP contribution is -2.42. The first-order valence-corrected chi connectivity index (χ1v) is 5.82. The molecule has 2 fully saturated rings. The molecule has 0 radical (unpaired) electrons. The number of hydrogen-bond acceptors (Lipinski definition) is 3. The van der Waals surface area contributed by atoms with Gasteiger partial charge in [0.25, 0.3) is 0 Å². The first-order valence-electron chi connectivity index (χ1n) is 5.82. The van der Waals surface area contributed by atoms with Gasteiger partial charge in [0.05, 0.1) is 12.6 Å². The molecule has 2 atom stereocenters. The number of carbonyl (C=O) groups excluding carboxylic acids is 1. The lowest BCUT2D eigenvalue weighted by Gasteiger charge is -2.20. The van der Waals surface area contributed by atoms with Crippen molar-refractivity contribution in [1.29, 1.82) is 0 Å². The van der Waals surface area contributed by atoms with Crippen LogP contribution in [0, 0.1) is 5.92 Å². The van der Waals surface area contributed by atoms with Gasteiger partial charge in [-0.3, -0.25) is 4.79 Å². The predicted octanol–water partition coefficient (Wildman–Crippen LogP) is 0.233. The molecule has 4 nitrogen and oxygen atoms in total. The molecule has 0 unspecified atom stereocenters. The van der Waals surface area contributed by atoms with Crippen LogP contribution in [0.15, 0.2) is 0 Å². The van der Waals surface area contributed by atoms with Gasteiger partial charge < -0.3 is 15.0 Å². The Balaban J connectivity index is 1.81. The summed E-state index contributed by atoms with van der Waals surface area (Å²) in [6.45, 7) is 3.56. The molecule has 2 rings (SSSR count). The van der Waals surface area contributed by atoms with Gasteiger partial charge in [0.2, 0.25) is 5.91 Å². The van der Waals surface area contributed by atoms with Crippen molar-refractivity contribution in [1.82, 2.24) is 10.2 Å². The maximum atomic E-state index is 12.0. The fraction of sp³-hybridized carbons (Fsp3) is 0.909. The number of methoxy groups -OCH3 is 1. The number of nitrogens with zero attached hydrogens (tertiary/aromatic N) is 1. The summed E-state index contributed by atoms with van der Waals surface area (Å²) in [5.41, 5.74) is 0. The van der Waals surface area contributed by atoms with Crippen LogP contribution in [0.5, 0.6) is 0 Å². The molecular weight excluding hydrogens is 192 g/mol. The van der Waals surface area contributed by atoms with Gasteiger partial charge in [0, 0.05) is 26.1 Å². The molecule has 2 saturated heterocycles. The Morgan fingerprint density at radius 3 is 3.07 bits per heavy atom. The molecule has 0 aromatic rings. The van der Waals surface area contributed by atoms with Gasteiger partial charge in [-0.15, -0.1) is 0 Å². The van der Waals surface area contributed by atoms with Crippen LogP contribution in [-0.4, -0.2) is 50.2 Å². The van der Waals surface area contributed by atoms with E-state index >= 15 is 0 Å². The number of rotatable bonds is 3. The molecule has 2 heterocycles. The van der Waals surface area contributed by atoms with E-state index in [2.05, 4.69) is 5.32 Å². The minimum atomic E-state index is 0.0892. The third-order valence-corrected chi connectivity index (χ3v) is 3.36. The van der Waals surface area contributed by atoms with Crippen LogP contribution >= 0.6 is 0 Å². The number of amides is 1. The van der Waals surface area contributed by atoms with Crippen LogP contribution in [0.2, 0.25) is 0 Å². The van der Waals surface area contributed by atoms with Gasteiger partial charge in [-0.1, -0.05) is 0 Å². The van der Waals surface area contributed by atoms with Gasteiger partial charge in [0.1, 0.15) is 0 Å². The van der Waals surface area contributed by atoms with E-state index in [-0.39, 0.29) is 6.04 Å². The molecule has 0 spiro atoms. The lowest BCUT2D eigenvalue weighted by molar-refractivity contribution is -0.132. The van der Waals surface area contributed by atoms with Crippen molar-refractivity contribution >= 4 is 5.91 Å². The summed E-state index contributed by atoms with van der Waals surface area (Å²) in [5, 5.41) is 3.26. The van der Waals surface area contributed by atoms with Gasteiger partial charge in [-0.2, -0.15) is 0 Å². The Bertz CT molecular complexity index is 227. The first kappa shape index (κ1) is 10.9. The highest BCUT2D eigenvalue weighted by Gasteiger charge is 2.31. The van der Waals surface area contributed by atoms with Crippen molar-refractivity contribution in [2.24, 2.45) is 5.92 Å². The molecule has 1 N–H and O–H groups in total. The number of likely N-dealkylation sites (tertiary alicyclic amines) is 1. The monoisotopic (exact) mass is 212 g/mol. The van der Waals surface area contributed by atoms with Crippen molar-refractivity contribution in [2.75, 3.05) is 33.4 Å². The largest absolute Gasteiger partial charge is 0.384 e. The highest BCUT2D eigenvalue weighted by Crippen LogP contribution is 2.19. The number of ether oxygens (including phenoxy) is 1. The standard InChI is InChI=1S/C11H20N2O2/c1-15-8-9-4-6-13(7-9)11(14)10-3-2-5-12-10/h9-10,12H,2-8H2,1H3/t9-,10+/m0/s1. The van der Waals surface area contributed by atoms with Crippen molar-refractivity contribution in [3.05, 3.63) is 0 Å². The summed E-state index contributed by atoms with van der Waals surface area (Å²) in [7, 11) is 1.73. The van der Waals surface area contributed by atoms with E-state index in [4.69, 9.17) is 4.74 Å². The van der Waals surface area contributed by atoms with E-state index in [0.717, 1.165) is 45.5 Å². The molecule has 2 aliphatic heterocycles. The van der Waals surface area contributed by atoms with Crippen molar-refractivity contribution in [2.45, 2.75) is 25.3 Å². The van der Waals surface area contributed by atoms with Crippen molar-refractivity contribution < 1.29 is 9.53 Å². The fourth-order valence-corrected chi connectivity index (χ4v) is 2.52. The average molecular weight is 212 g/mol. The van der Waals surface area contributed by atoms with Crippen LogP contribution < -0.4 is 5.32 Å². The van der Waals surface area contributed by atoms with Crippen LogP contribution in [0.1, 0.15) is 19.3 Å². The zero-order valence-electron chi connectivity index (χ0n) is 9.37. The summed E-state index contributed by atoms with van der Waals surface area (Å²) < 4.78 is 5.13. The third-order valence-electron chi connectivity index (χ3n) is 3.36. The highest BCUT2D eigenvalue weighted by molar-refractivity contribution is 5.82. The molecule has 0 aromatic heterocycles. The average Bonchev–Trinajstić information content (AvgIpc) is 2.87. The zero-order valence-corrected chi connectivity index (χ0v) is 9.37. The summed E-state index contributed by atoms with van der Waals surface area (Å²) in [4.78, 5) is 14.0. The van der Waals surface area contributed by atoms with Crippen LogP contribution in [0.25, 0.3) is 0 Å². The van der Waals surface area contributed by atoms with Gasteiger partial charge >= 0.3 is 0 Å². The molecule has 2 aliphatic rings. The molecule has 1 amide bonds. The molecule has 0 bridgehead atoms. The minimum absolute atomic E-state index is 0.0892. The minimum Gasteiger partial charge on any atom is -0.384 e. The second kappa shape index (κ2) is 4.94. The molecule has 4 heteroatoms. The SMILES string of the molecule is COC[C@H]1CCN(C(=O)[C@H]2CCCN2)C1. The summed E-state index contributed by atoms with van der Waals surface area (Å²) in [6.07, 6.45) is 3.22. The van der Waals surface area contributed by atoms with Gasteiger partial charge in [0.15, 0.2) is 0 Å². The summed E-state index contributed by atoms with van der Waals surface area (Å²) in [6, 6.07) is 0.0892. The second-order valence-electron chi connectivity index (χ2n) is 4.54. The van der Waals surface area contributed by atoms with Crippen LogP contribution in [-0.2, 0) is 9.53 Å². The Labute approximate surface area is 91.0 Å². The van der Waals surface area contributed by atoms with E-state index in [9.17, 15) is 4.79 Å². The second-order valence-corrected chi connectivity index (χ2v) is 4.54. The molecular formula is C11H20N2O2. The van der Waals surface area contributed by atoms with E-state index in [1.54, 1.807) is 7.11 Å². The smallest absolute Gasteiger partial charge is 0.239 e. The van der Waals surface area contributed by atoms with E-state index in [1.165, 1.54) is 0 Å². The zero-order chi connectivity index (χ0) is 10.7.